The molecule has 1 heterocycles. The standard InChI is InChI=1S/C12H16N2O3/c13-12(16)10(15)7-14-6-8-1-2-11-9(5-8)3-4-17-11/h1-2,5,10,14-15H,3-4,6-7H2,(H2,13,16). The van der Waals surface area contributed by atoms with Crippen LogP contribution in [0.3, 0.4) is 0 Å². The molecular formula is C12H16N2O3. The zero-order valence-electron chi connectivity index (χ0n) is 9.48. The molecule has 1 atom stereocenters. The quantitative estimate of drug-likeness (QED) is 0.647. The number of fused-ring (bicyclic) bond motifs is 1. The van der Waals surface area contributed by atoms with Gasteiger partial charge in [-0.05, 0) is 17.2 Å². The molecule has 1 amide bonds. The van der Waals surface area contributed by atoms with Crippen molar-refractivity contribution in [2.24, 2.45) is 5.73 Å². The van der Waals surface area contributed by atoms with Gasteiger partial charge in [0.25, 0.3) is 0 Å². The van der Waals surface area contributed by atoms with Gasteiger partial charge in [0.05, 0.1) is 6.61 Å². The van der Waals surface area contributed by atoms with Crippen LogP contribution >= 0.6 is 0 Å². The van der Waals surface area contributed by atoms with Crippen LogP contribution in [0.4, 0.5) is 0 Å². The number of aliphatic hydroxyl groups is 1. The lowest BCUT2D eigenvalue weighted by Gasteiger charge is -2.09. The van der Waals surface area contributed by atoms with Crippen molar-refractivity contribution in [3.63, 3.8) is 0 Å². The average Bonchev–Trinajstić information content (AvgIpc) is 2.75. The lowest BCUT2D eigenvalue weighted by Crippen LogP contribution is -2.37. The van der Waals surface area contributed by atoms with E-state index < -0.39 is 12.0 Å². The minimum Gasteiger partial charge on any atom is -0.493 e. The number of hydrogen-bond acceptors (Lipinski definition) is 4. The Labute approximate surface area is 99.6 Å². The van der Waals surface area contributed by atoms with Crippen LogP contribution in [0.2, 0.25) is 0 Å². The SMILES string of the molecule is NC(=O)C(O)CNCc1ccc2c(c1)CCO2. The summed E-state index contributed by atoms with van der Waals surface area (Å²) in [6.45, 7) is 1.51. The van der Waals surface area contributed by atoms with Gasteiger partial charge in [0.2, 0.25) is 5.91 Å². The monoisotopic (exact) mass is 236 g/mol. The first kappa shape index (κ1) is 11.9. The molecule has 0 spiro atoms. The third-order valence-electron chi connectivity index (χ3n) is 2.75. The molecule has 2 rings (SSSR count). The van der Waals surface area contributed by atoms with Gasteiger partial charge in [-0.3, -0.25) is 4.79 Å². The highest BCUT2D eigenvalue weighted by Crippen LogP contribution is 2.25. The molecular weight excluding hydrogens is 220 g/mol. The first-order valence-electron chi connectivity index (χ1n) is 5.59. The summed E-state index contributed by atoms with van der Waals surface area (Å²) < 4.78 is 5.41. The van der Waals surface area contributed by atoms with Crippen molar-refractivity contribution in [2.75, 3.05) is 13.2 Å². The van der Waals surface area contributed by atoms with Crippen LogP contribution in [-0.2, 0) is 17.8 Å². The van der Waals surface area contributed by atoms with E-state index in [1.54, 1.807) is 0 Å². The summed E-state index contributed by atoms with van der Waals surface area (Å²) in [5.41, 5.74) is 7.25. The van der Waals surface area contributed by atoms with Crippen LogP contribution in [0.25, 0.3) is 0 Å². The lowest BCUT2D eigenvalue weighted by atomic mass is 10.1. The molecule has 0 saturated carbocycles. The predicted molar refractivity (Wildman–Crippen MR) is 62.5 cm³/mol. The second-order valence-electron chi connectivity index (χ2n) is 4.09. The number of aliphatic hydroxyl groups excluding tert-OH is 1. The number of primary amides is 1. The highest BCUT2D eigenvalue weighted by atomic mass is 16.5. The molecule has 0 aromatic heterocycles. The number of carbonyl (C=O) groups excluding carboxylic acids is 1. The Morgan fingerprint density at radius 3 is 3.18 bits per heavy atom. The van der Waals surface area contributed by atoms with Crippen molar-refractivity contribution < 1.29 is 14.6 Å². The summed E-state index contributed by atoms with van der Waals surface area (Å²) in [5, 5.41) is 12.2. The maximum Gasteiger partial charge on any atom is 0.247 e. The molecule has 1 aliphatic rings. The van der Waals surface area contributed by atoms with E-state index in [1.807, 2.05) is 12.1 Å². The average molecular weight is 236 g/mol. The molecule has 5 heteroatoms. The summed E-state index contributed by atoms with van der Waals surface area (Å²) in [5.74, 6) is 0.241. The minimum absolute atomic E-state index is 0.170. The second kappa shape index (κ2) is 5.16. The first-order chi connectivity index (χ1) is 8.16. The van der Waals surface area contributed by atoms with Crippen LogP contribution in [0.1, 0.15) is 11.1 Å². The third kappa shape index (κ3) is 2.95. The number of nitrogens with two attached hydrogens (primary N) is 1. The Bertz CT molecular complexity index is 420. The summed E-state index contributed by atoms with van der Waals surface area (Å²) in [6.07, 6.45) is -0.194. The van der Waals surface area contributed by atoms with Crippen molar-refractivity contribution in [3.05, 3.63) is 29.3 Å². The molecule has 4 N–H and O–H groups in total. The van der Waals surface area contributed by atoms with E-state index in [9.17, 15) is 9.90 Å². The van der Waals surface area contributed by atoms with Crippen LogP contribution in [0.5, 0.6) is 5.75 Å². The summed E-state index contributed by atoms with van der Waals surface area (Å²) >= 11 is 0. The van der Waals surface area contributed by atoms with Crippen molar-refractivity contribution in [1.82, 2.24) is 5.32 Å². The van der Waals surface area contributed by atoms with Gasteiger partial charge >= 0.3 is 0 Å². The maximum absolute atomic E-state index is 10.6. The van der Waals surface area contributed by atoms with Crippen molar-refractivity contribution in [3.8, 4) is 5.75 Å². The van der Waals surface area contributed by atoms with E-state index in [-0.39, 0.29) is 6.54 Å². The molecule has 17 heavy (non-hydrogen) atoms. The fourth-order valence-corrected chi connectivity index (χ4v) is 1.80. The van der Waals surface area contributed by atoms with Gasteiger partial charge in [-0.2, -0.15) is 0 Å². The molecule has 5 nitrogen and oxygen atoms in total. The van der Waals surface area contributed by atoms with Crippen LogP contribution in [0, 0.1) is 0 Å². The van der Waals surface area contributed by atoms with Crippen LogP contribution in [0.15, 0.2) is 18.2 Å². The Balaban J connectivity index is 1.85. The van der Waals surface area contributed by atoms with Gasteiger partial charge in [0.15, 0.2) is 0 Å². The van der Waals surface area contributed by atoms with E-state index in [2.05, 4.69) is 11.4 Å². The van der Waals surface area contributed by atoms with Gasteiger partial charge in [-0.25, -0.2) is 0 Å². The van der Waals surface area contributed by atoms with Crippen LogP contribution < -0.4 is 15.8 Å². The minimum atomic E-state index is -1.13. The second-order valence-corrected chi connectivity index (χ2v) is 4.09. The van der Waals surface area contributed by atoms with E-state index >= 15 is 0 Å². The molecule has 1 aliphatic heterocycles. The Hall–Kier alpha value is -1.59. The molecule has 1 aromatic carbocycles. The van der Waals surface area contributed by atoms with Crippen molar-refractivity contribution >= 4 is 5.91 Å². The largest absolute Gasteiger partial charge is 0.493 e. The van der Waals surface area contributed by atoms with Crippen LogP contribution in [-0.4, -0.2) is 30.3 Å². The topological polar surface area (TPSA) is 84.6 Å². The summed E-state index contributed by atoms with van der Waals surface area (Å²) in [7, 11) is 0. The third-order valence-corrected chi connectivity index (χ3v) is 2.75. The highest BCUT2D eigenvalue weighted by molar-refractivity contribution is 5.78. The predicted octanol–water partition coefficient (Wildman–Crippen LogP) is -0.443. The Morgan fingerprint density at radius 1 is 1.59 bits per heavy atom. The highest BCUT2D eigenvalue weighted by Gasteiger charge is 2.12. The molecule has 1 aromatic rings. The first-order valence-corrected chi connectivity index (χ1v) is 5.59. The van der Waals surface area contributed by atoms with Crippen molar-refractivity contribution in [1.29, 1.82) is 0 Å². The summed E-state index contributed by atoms with van der Waals surface area (Å²) in [6, 6.07) is 5.99. The number of ether oxygens (including phenoxy) is 1. The Morgan fingerprint density at radius 2 is 2.41 bits per heavy atom. The molecule has 92 valence electrons. The Kier molecular flexibility index (Phi) is 3.61. The summed E-state index contributed by atoms with van der Waals surface area (Å²) in [4.78, 5) is 10.6. The number of carbonyl (C=O) groups is 1. The molecule has 0 fully saturated rings. The molecule has 0 saturated heterocycles. The van der Waals surface area contributed by atoms with E-state index in [0.29, 0.717) is 6.54 Å². The van der Waals surface area contributed by atoms with Gasteiger partial charge in [-0.1, -0.05) is 12.1 Å². The smallest absolute Gasteiger partial charge is 0.247 e. The number of benzene rings is 1. The zero-order chi connectivity index (χ0) is 12.3. The van der Waals surface area contributed by atoms with Gasteiger partial charge in [0, 0.05) is 19.5 Å². The molecule has 0 radical (unpaired) electrons. The molecule has 1 unspecified atom stereocenters. The molecule has 0 bridgehead atoms. The fraction of sp³-hybridized carbons (Fsp3) is 0.417. The van der Waals surface area contributed by atoms with Crippen molar-refractivity contribution in [2.45, 2.75) is 19.1 Å². The maximum atomic E-state index is 10.6. The van der Waals surface area contributed by atoms with Gasteiger partial charge in [0.1, 0.15) is 11.9 Å². The van der Waals surface area contributed by atoms with Gasteiger partial charge < -0.3 is 20.9 Å². The van der Waals surface area contributed by atoms with E-state index in [0.717, 1.165) is 24.3 Å². The fourth-order valence-electron chi connectivity index (χ4n) is 1.80. The van der Waals surface area contributed by atoms with E-state index in [4.69, 9.17) is 10.5 Å². The number of rotatable bonds is 5. The number of hydrogen-bond donors (Lipinski definition) is 3. The number of amides is 1. The van der Waals surface area contributed by atoms with Gasteiger partial charge in [-0.15, -0.1) is 0 Å². The number of nitrogens with one attached hydrogen (secondary N) is 1. The lowest BCUT2D eigenvalue weighted by molar-refractivity contribution is -0.125. The van der Waals surface area contributed by atoms with E-state index in [1.165, 1.54) is 5.56 Å². The normalized spacial score (nSPS) is 15.1. The molecule has 0 aliphatic carbocycles. The zero-order valence-corrected chi connectivity index (χ0v) is 9.48.